The molecule has 0 aliphatic heterocycles. The van der Waals surface area contributed by atoms with Crippen LogP contribution in [0.5, 0.6) is 0 Å². The van der Waals surface area contributed by atoms with Crippen LogP contribution in [-0.4, -0.2) is 16.0 Å². The van der Waals surface area contributed by atoms with Crippen molar-refractivity contribution in [2.24, 2.45) is 0 Å². The summed E-state index contributed by atoms with van der Waals surface area (Å²) in [5, 5.41) is 18.8. The molecule has 1 rings (SSSR count). The molecule has 0 aromatic heterocycles. The van der Waals surface area contributed by atoms with E-state index in [9.17, 15) is 23.7 Å². The number of nitrogens with zero attached hydrogens (tertiary/aromatic N) is 1. The van der Waals surface area contributed by atoms with Crippen molar-refractivity contribution in [2.75, 3.05) is 0 Å². The zero-order valence-corrected chi connectivity index (χ0v) is 7.68. The summed E-state index contributed by atoms with van der Waals surface area (Å²) in [6.45, 7) is 0. The van der Waals surface area contributed by atoms with Crippen molar-refractivity contribution in [2.45, 2.75) is 0 Å². The highest BCUT2D eigenvalue weighted by molar-refractivity contribution is 5.86. The van der Waals surface area contributed by atoms with Crippen molar-refractivity contribution in [1.29, 1.82) is 0 Å². The summed E-state index contributed by atoms with van der Waals surface area (Å²) in [4.78, 5) is 19.7. The van der Waals surface area contributed by atoms with Gasteiger partial charge >= 0.3 is 5.97 Å². The van der Waals surface area contributed by atoms with Crippen LogP contribution in [0.4, 0.5) is 14.5 Å². The van der Waals surface area contributed by atoms with Crippen molar-refractivity contribution in [3.05, 3.63) is 45.5 Å². The minimum absolute atomic E-state index is 0.491. The Hall–Kier alpha value is -2.31. The zero-order valence-electron chi connectivity index (χ0n) is 7.68. The molecule has 1 aromatic rings. The van der Waals surface area contributed by atoms with E-state index in [1.807, 2.05) is 0 Å². The molecule has 0 aliphatic rings. The lowest BCUT2D eigenvalue weighted by Gasteiger charge is -1.99. The van der Waals surface area contributed by atoms with E-state index >= 15 is 0 Å². The normalized spacial score (nSPS) is 10.6. The first kappa shape index (κ1) is 11.8. The zero-order chi connectivity index (χ0) is 12.3. The van der Waals surface area contributed by atoms with Gasteiger partial charge in [-0.25, -0.2) is 13.6 Å². The number of carboxylic acids is 1. The molecular formula is C9H5F2NO4. The molecule has 84 valence electrons. The van der Waals surface area contributed by atoms with E-state index in [-0.39, 0.29) is 0 Å². The molecule has 0 amide bonds. The van der Waals surface area contributed by atoms with Gasteiger partial charge in [0.05, 0.1) is 10.5 Å². The Bertz CT molecular complexity index is 485. The van der Waals surface area contributed by atoms with Gasteiger partial charge < -0.3 is 5.11 Å². The second-order valence-electron chi connectivity index (χ2n) is 2.72. The van der Waals surface area contributed by atoms with E-state index < -0.39 is 33.8 Å². The van der Waals surface area contributed by atoms with Crippen LogP contribution >= 0.6 is 0 Å². The number of hydrogen-bond acceptors (Lipinski definition) is 3. The molecule has 0 unspecified atom stereocenters. The number of rotatable bonds is 3. The molecule has 0 spiro atoms. The Kier molecular flexibility index (Phi) is 3.29. The maximum absolute atomic E-state index is 13.1. The Labute approximate surface area is 87.8 Å². The highest BCUT2D eigenvalue weighted by atomic mass is 19.2. The number of halogens is 2. The molecule has 1 N–H and O–H groups in total. The van der Waals surface area contributed by atoms with Crippen molar-refractivity contribution in [3.8, 4) is 0 Å². The lowest BCUT2D eigenvalue weighted by Crippen LogP contribution is -1.98. The fourth-order valence-corrected chi connectivity index (χ4v) is 1.03. The first-order chi connectivity index (χ1) is 7.43. The van der Waals surface area contributed by atoms with E-state index in [0.717, 1.165) is 6.07 Å². The fourth-order valence-electron chi connectivity index (χ4n) is 1.03. The monoisotopic (exact) mass is 229 g/mol. The van der Waals surface area contributed by atoms with Crippen LogP contribution in [0.15, 0.2) is 18.2 Å². The van der Waals surface area contributed by atoms with Crippen molar-refractivity contribution in [3.63, 3.8) is 0 Å². The van der Waals surface area contributed by atoms with E-state index in [4.69, 9.17) is 5.11 Å². The van der Waals surface area contributed by atoms with Crippen molar-refractivity contribution < 1.29 is 23.6 Å². The SMILES string of the molecule is O=C(O)/C=C/c1c([N+](=O)[O-])ccc(F)c1F. The number of benzene rings is 1. The third kappa shape index (κ3) is 2.38. The predicted molar refractivity (Wildman–Crippen MR) is 49.7 cm³/mol. The molecule has 0 atom stereocenters. The second kappa shape index (κ2) is 4.47. The van der Waals surface area contributed by atoms with Gasteiger partial charge in [0.1, 0.15) is 0 Å². The number of aliphatic carboxylic acids is 1. The maximum Gasteiger partial charge on any atom is 0.328 e. The van der Waals surface area contributed by atoms with E-state index in [1.54, 1.807) is 0 Å². The number of hydrogen-bond donors (Lipinski definition) is 1. The Morgan fingerprint density at radius 2 is 2.06 bits per heavy atom. The minimum atomic E-state index is -1.45. The topological polar surface area (TPSA) is 80.4 Å². The maximum atomic E-state index is 13.1. The molecular weight excluding hydrogens is 224 g/mol. The van der Waals surface area contributed by atoms with Gasteiger partial charge in [-0.15, -0.1) is 0 Å². The molecule has 7 heteroatoms. The fraction of sp³-hybridized carbons (Fsp3) is 0. The molecule has 0 heterocycles. The third-order valence-corrected chi connectivity index (χ3v) is 1.70. The number of carbonyl (C=O) groups is 1. The van der Waals surface area contributed by atoms with Crippen LogP contribution in [0, 0.1) is 21.7 Å². The van der Waals surface area contributed by atoms with Gasteiger partial charge in [-0.05, 0) is 12.1 Å². The summed E-state index contributed by atoms with van der Waals surface area (Å²) >= 11 is 0. The van der Waals surface area contributed by atoms with Crippen LogP contribution < -0.4 is 0 Å². The molecule has 0 aliphatic carbocycles. The average Bonchev–Trinajstić information content (AvgIpc) is 2.19. The van der Waals surface area contributed by atoms with E-state index in [2.05, 4.69) is 0 Å². The lowest BCUT2D eigenvalue weighted by molar-refractivity contribution is -0.385. The molecule has 0 saturated carbocycles. The Morgan fingerprint density at radius 3 is 2.56 bits per heavy atom. The van der Waals surface area contributed by atoms with Crippen molar-refractivity contribution >= 4 is 17.7 Å². The van der Waals surface area contributed by atoms with Gasteiger partial charge in [0.25, 0.3) is 5.69 Å². The molecule has 0 saturated heterocycles. The summed E-state index contributed by atoms with van der Waals surface area (Å²) in [5.74, 6) is -4.15. The minimum Gasteiger partial charge on any atom is -0.478 e. The predicted octanol–water partition coefficient (Wildman–Crippen LogP) is 1.97. The lowest BCUT2D eigenvalue weighted by atomic mass is 10.1. The highest BCUT2D eigenvalue weighted by Crippen LogP contribution is 2.24. The number of carboxylic acid groups (broad SMARTS) is 1. The van der Waals surface area contributed by atoms with Gasteiger partial charge in [-0.1, -0.05) is 0 Å². The summed E-state index contributed by atoms with van der Waals surface area (Å²) in [5.41, 5.74) is -1.40. The quantitative estimate of drug-likeness (QED) is 0.488. The second-order valence-corrected chi connectivity index (χ2v) is 2.72. The first-order valence-electron chi connectivity index (χ1n) is 3.97. The summed E-state index contributed by atoms with van der Waals surface area (Å²) in [7, 11) is 0. The van der Waals surface area contributed by atoms with Gasteiger partial charge in [-0.3, -0.25) is 10.1 Å². The van der Waals surface area contributed by atoms with Crippen LogP contribution in [-0.2, 0) is 4.79 Å². The highest BCUT2D eigenvalue weighted by Gasteiger charge is 2.19. The van der Waals surface area contributed by atoms with Crippen molar-refractivity contribution in [1.82, 2.24) is 0 Å². The molecule has 0 fully saturated rings. The average molecular weight is 229 g/mol. The van der Waals surface area contributed by atoms with Crippen LogP contribution in [0.1, 0.15) is 5.56 Å². The Morgan fingerprint density at radius 1 is 1.44 bits per heavy atom. The van der Waals surface area contributed by atoms with E-state index in [0.29, 0.717) is 18.2 Å². The van der Waals surface area contributed by atoms with Crippen LogP contribution in [0.25, 0.3) is 6.08 Å². The first-order valence-corrected chi connectivity index (χ1v) is 3.97. The van der Waals surface area contributed by atoms with E-state index in [1.165, 1.54) is 0 Å². The molecule has 0 radical (unpaired) electrons. The molecule has 16 heavy (non-hydrogen) atoms. The summed E-state index contributed by atoms with van der Waals surface area (Å²) in [6, 6.07) is 1.37. The Balaban J connectivity index is 3.37. The summed E-state index contributed by atoms with van der Waals surface area (Å²) in [6.07, 6.45) is 1.13. The van der Waals surface area contributed by atoms with Crippen LogP contribution in [0.2, 0.25) is 0 Å². The molecule has 0 bridgehead atoms. The van der Waals surface area contributed by atoms with Gasteiger partial charge in [0.15, 0.2) is 11.6 Å². The van der Waals surface area contributed by atoms with Gasteiger partial charge in [-0.2, -0.15) is 0 Å². The van der Waals surface area contributed by atoms with Gasteiger partial charge in [0.2, 0.25) is 0 Å². The molecule has 5 nitrogen and oxygen atoms in total. The number of nitro benzene ring substituents is 1. The van der Waals surface area contributed by atoms with Gasteiger partial charge in [0, 0.05) is 12.1 Å². The third-order valence-electron chi connectivity index (χ3n) is 1.70. The number of nitro groups is 1. The summed E-state index contributed by atoms with van der Waals surface area (Å²) < 4.78 is 25.9. The molecule has 1 aromatic carbocycles. The smallest absolute Gasteiger partial charge is 0.328 e. The van der Waals surface area contributed by atoms with Crippen LogP contribution in [0.3, 0.4) is 0 Å². The standard InChI is InChI=1S/C9H5F2NO4/c10-6-2-3-7(12(15)16)5(9(6)11)1-4-8(13)14/h1-4H,(H,13,14)/b4-1+. The largest absolute Gasteiger partial charge is 0.478 e.